The van der Waals surface area contributed by atoms with Crippen molar-refractivity contribution >= 4 is 27.7 Å². The molecule has 0 saturated carbocycles. The molecule has 2 aromatic carbocycles. The summed E-state index contributed by atoms with van der Waals surface area (Å²) >= 11 is 5.45. The van der Waals surface area contributed by atoms with Crippen LogP contribution in [0.3, 0.4) is 0 Å². The molecule has 0 fully saturated rings. The van der Waals surface area contributed by atoms with E-state index in [1.807, 2.05) is 18.8 Å². The predicted molar refractivity (Wildman–Crippen MR) is 86.9 cm³/mol. The van der Waals surface area contributed by atoms with Crippen LogP contribution in [0.25, 0.3) is 0 Å². The minimum absolute atomic E-state index is 0.884. The zero-order chi connectivity index (χ0) is 13.8. The molecule has 0 heterocycles. The van der Waals surface area contributed by atoms with Gasteiger partial charge < -0.3 is 5.32 Å². The lowest BCUT2D eigenvalue weighted by molar-refractivity contribution is 0.813. The van der Waals surface area contributed by atoms with Crippen LogP contribution >= 0.6 is 27.7 Å². The van der Waals surface area contributed by atoms with Crippen LogP contribution in [0.4, 0.5) is 0 Å². The van der Waals surface area contributed by atoms with Crippen molar-refractivity contribution in [3.63, 3.8) is 0 Å². The van der Waals surface area contributed by atoms with Gasteiger partial charge in [0.05, 0.1) is 0 Å². The summed E-state index contributed by atoms with van der Waals surface area (Å²) in [5.74, 6) is 0. The van der Waals surface area contributed by atoms with Crippen LogP contribution in [-0.4, -0.2) is 7.05 Å². The number of hydrogen-bond acceptors (Lipinski definition) is 2. The fourth-order valence-corrected chi connectivity index (χ4v) is 3.56. The molecule has 2 rings (SSSR count). The van der Waals surface area contributed by atoms with Gasteiger partial charge in [0.15, 0.2) is 0 Å². The molecule has 0 unspecified atom stereocenters. The largest absolute Gasteiger partial charge is 0.316 e. The molecule has 0 radical (unpaired) electrons. The highest BCUT2D eigenvalue weighted by Crippen LogP contribution is 2.33. The SMILES string of the molecule is CNCc1ccc(Sc2ccc(C)cc2C)cc1Br. The highest BCUT2D eigenvalue weighted by Gasteiger charge is 2.04. The highest BCUT2D eigenvalue weighted by atomic mass is 79.9. The Hall–Kier alpha value is -0.770. The molecule has 0 aliphatic carbocycles. The lowest BCUT2D eigenvalue weighted by Crippen LogP contribution is -2.05. The van der Waals surface area contributed by atoms with Crippen molar-refractivity contribution < 1.29 is 0 Å². The van der Waals surface area contributed by atoms with Gasteiger partial charge in [-0.3, -0.25) is 0 Å². The first-order valence-electron chi connectivity index (χ1n) is 6.28. The third-order valence-electron chi connectivity index (χ3n) is 2.95. The standard InChI is InChI=1S/C16H18BrNS/c1-11-4-7-16(12(2)8-11)19-14-6-5-13(10-18-3)15(17)9-14/h4-9,18H,10H2,1-3H3. The van der Waals surface area contributed by atoms with Gasteiger partial charge in [0.1, 0.15) is 0 Å². The molecule has 3 heteroatoms. The molecule has 1 nitrogen and oxygen atoms in total. The van der Waals surface area contributed by atoms with Gasteiger partial charge in [-0.2, -0.15) is 0 Å². The Morgan fingerprint density at radius 2 is 1.89 bits per heavy atom. The average Bonchev–Trinajstić information content (AvgIpc) is 2.36. The average molecular weight is 336 g/mol. The Morgan fingerprint density at radius 3 is 2.53 bits per heavy atom. The predicted octanol–water partition coefficient (Wildman–Crippen LogP) is 4.94. The zero-order valence-electron chi connectivity index (χ0n) is 11.5. The van der Waals surface area contributed by atoms with Crippen molar-refractivity contribution in [1.29, 1.82) is 0 Å². The summed E-state index contributed by atoms with van der Waals surface area (Å²) < 4.78 is 1.16. The molecule has 100 valence electrons. The molecular weight excluding hydrogens is 318 g/mol. The van der Waals surface area contributed by atoms with Gasteiger partial charge in [-0.15, -0.1) is 0 Å². The Morgan fingerprint density at radius 1 is 1.11 bits per heavy atom. The molecule has 0 amide bonds. The number of benzene rings is 2. The second-order valence-electron chi connectivity index (χ2n) is 4.65. The summed E-state index contributed by atoms with van der Waals surface area (Å²) in [6.07, 6.45) is 0. The van der Waals surface area contributed by atoms with Crippen molar-refractivity contribution in [2.24, 2.45) is 0 Å². The van der Waals surface area contributed by atoms with Crippen LogP contribution < -0.4 is 5.32 Å². The maximum Gasteiger partial charge on any atom is 0.0231 e. The molecule has 0 aliphatic heterocycles. The lowest BCUT2D eigenvalue weighted by Gasteiger charge is -2.09. The normalized spacial score (nSPS) is 10.7. The number of rotatable bonds is 4. The Balaban J connectivity index is 2.21. The monoisotopic (exact) mass is 335 g/mol. The third-order valence-corrected chi connectivity index (χ3v) is 4.86. The van der Waals surface area contributed by atoms with Crippen LogP contribution in [0.1, 0.15) is 16.7 Å². The van der Waals surface area contributed by atoms with Crippen LogP contribution in [-0.2, 0) is 6.54 Å². The topological polar surface area (TPSA) is 12.0 Å². The van der Waals surface area contributed by atoms with Crippen molar-refractivity contribution in [2.75, 3.05) is 7.05 Å². The maximum atomic E-state index is 3.64. The molecule has 19 heavy (non-hydrogen) atoms. The molecular formula is C16H18BrNS. The minimum atomic E-state index is 0.884. The van der Waals surface area contributed by atoms with E-state index in [0.29, 0.717) is 0 Å². The van der Waals surface area contributed by atoms with E-state index in [0.717, 1.165) is 11.0 Å². The van der Waals surface area contributed by atoms with E-state index in [2.05, 4.69) is 71.5 Å². The van der Waals surface area contributed by atoms with Crippen molar-refractivity contribution in [3.05, 3.63) is 57.6 Å². The summed E-state index contributed by atoms with van der Waals surface area (Å²) in [4.78, 5) is 2.58. The van der Waals surface area contributed by atoms with Gasteiger partial charge in [0.2, 0.25) is 0 Å². The van der Waals surface area contributed by atoms with E-state index in [9.17, 15) is 0 Å². The molecule has 0 saturated heterocycles. The fraction of sp³-hybridized carbons (Fsp3) is 0.250. The molecule has 0 aromatic heterocycles. The smallest absolute Gasteiger partial charge is 0.0231 e. The Bertz CT molecular complexity index is 581. The maximum absolute atomic E-state index is 3.64. The minimum Gasteiger partial charge on any atom is -0.316 e. The number of aryl methyl sites for hydroxylation is 2. The summed E-state index contributed by atoms with van der Waals surface area (Å²) in [7, 11) is 1.96. The summed E-state index contributed by atoms with van der Waals surface area (Å²) in [6, 6.07) is 13.1. The van der Waals surface area contributed by atoms with E-state index in [-0.39, 0.29) is 0 Å². The van der Waals surface area contributed by atoms with Crippen LogP contribution in [0, 0.1) is 13.8 Å². The van der Waals surface area contributed by atoms with Gasteiger partial charge in [0.25, 0.3) is 0 Å². The van der Waals surface area contributed by atoms with Gasteiger partial charge in [-0.1, -0.05) is 51.5 Å². The lowest BCUT2D eigenvalue weighted by atomic mass is 10.2. The van der Waals surface area contributed by atoms with E-state index in [1.165, 1.54) is 26.5 Å². The number of halogens is 1. The van der Waals surface area contributed by atoms with Crippen LogP contribution in [0.15, 0.2) is 50.7 Å². The molecule has 0 atom stereocenters. The van der Waals surface area contributed by atoms with Gasteiger partial charge in [-0.25, -0.2) is 0 Å². The first-order valence-corrected chi connectivity index (χ1v) is 7.89. The number of nitrogens with one attached hydrogen (secondary N) is 1. The van der Waals surface area contributed by atoms with Gasteiger partial charge >= 0.3 is 0 Å². The summed E-state index contributed by atoms with van der Waals surface area (Å²) in [6.45, 7) is 5.18. The molecule has 2 aromatic rings. The zero-order valence-corrected chi connectivity index (χ0v) is 13.9. The van der Waals surface area contributed by atoms with Gasteiger partial charge in [-0.05, 0) is 50.2 Å². The second-order valence-corrected chi connectivity index (χ2v) is 6.62. The number of hydrogen-bond donors (Lipinski definition) is 1. The fourth-order valence-electron chi connectivity index (χ4n) is 1.97. The highest BCUT2D eigenvalue weighted by molar-refractivity contribution is 9.10. The Labute approximate surface area is 127 Å². The van der Waals surface area contributed by atoms with Crippen molar-refractivity contribution in [1.82, 2.24) is 5.32 Å². The molecule has 1 N–H and O–H groups in total. The second kappa shape index (κ2) is 6.60. The van der Waals surface area contributed by atoms with E-state index in [1.54, 1.807) is 0 Å². The first-order chi connectivity index (χ1) is 9.10. The van der Waals surface area contributed by atoms with Gasteiger partial charge in [0, 0.05) is 20.8 Å². The molecule has 0 bridgehead atoms. The Kier molecular flexibility index (Phi) is 5.08. The summed E-state index contributed by atoms with van der Waals surface area (Å²) in [5, 5.41) is 3.17. The van der Waals surface area contributed by atoms with Crippen molar-refractivity contribution in [3.8, 4) is 0 Å². The third kappa shape index (κ3) is 3.85. The first kappa shape index (κ1) is 14.6. The van der Waals surface area contributed by atoms with E-state index < -0.39 is 0 Å². The van der Waals surface area contributed by atoms with E-state index in [4.69, 9.17) is 0 Å². The van der Waals surface area contributed by atoms with Crippen LogP contribution in [0.5, 0.6) is 0 Å². The quantitative estimate of drug-likeness (QED) is 0.849. The molecule has 0 aliphatic rings. The van der Waals surface area contributed by atoms with Crippen LogP contribution in [0.2, 0.25) is 0 Å². The summed E-state index contributed by atoms with van der Waals surface area (Å²) in [5.41, 5.74) is 3.93. The molecule has 0 spiro atoms. The van der Waals surface area contributed by atoms with Crippen molar-refractivity contribution in [2.45, 2.75) is 30.2 Å². The van der Waals surface area contributed by atoms with E-state index >= 15 is 0 Å².